The number of rotatable bonds is 4. The molecule has 2 rings (SSSR count). The van der Waals surface area contributed by atoms with Crippen LogP contribution < -0.4 is 5.73 Å². The normalized spacial score (nSPS) is 12.9. The highest BCUT2D eigenvalue weighted by molar-refractivity contribution is 5.59. The van der Waals surface area contributed by atoms with Crippen molar-refractivity contribution in [3.63, 3.8) is 0 Å². The maximum atomic E-state index is 13.9. The molecule has 102 valence electrons. The number of aromatic nitrogens is 4. The van der Waals surface area contributed by atoms with E-state index in [1.165, 1.54) is 6.07 Å². The fourth-order valence-corrected chi connectivity index (χ4v) is 2.16. The molecule has 1 heterocycles. The molecule has 0 fully saturated rings. The minimum absolute atomic E-state index is 0.113. The van der Waals surface area contributed by atoms with Crippen LogP contribution in [0.3, 0.4) is 0 Å². The summed E-state index contributed by atoms with van der Waals surface area (Å²) in [5, 5.41) is 11.5. The molecule has 6 heteroatoms. The van der Waals surface area contributed by atoms with Gasteiger partial charge >= 0.3 is 0 Å². The maximum absolute atomic E-state index is 13.9. The lowest BCUT2D eigenvalue weighted by atomic mass is 10.1. The summed E-state index contributed by atoms with van der Waals surface area (Å²) in [7, 11) is 0. The molecule has 1 unspecified atom stereocenters. The van der Waals surface area contributed by atoms with Crippen molar-refractivity contribution < 1.29 is 4.39 Å². The Labute approximate surface area is 111 Å². The smallest absolute Gasteiger partial charge is 0.185 e. The van der Waals surface area contributed by atoms with Crippen molar-refractivity contribution >= 4 is 5.69 Å². The molecule has 0 saturated carbocycles. The molecule has 0 amide bonds. The lowest BCUT2D eigenvalue weighted by Crippen LogP contribution is -2.12. The van der Waals surface area contributed by atoms with Crippen LogP contribution in [0.2, 0.25) is 0 Å². The van der Waals surface area contributed by atoms with Gasteiger partial charge in [-0.2, -0.15) is 0 Å². The zero-order chi connectivity index (χ0) is 14.0. The van der Waals surface area contributed by atoms with Gasteiger partial charge in [0.15, 0.2) is 5.82 Å². The van der Waals surface area contributed by atoms with Crippen molar-refractivity contribution in [3.8, 4) is 11.4 Å². The lowest BCUT2D eigenvalue weighted by Gasteiger charge is -2.15. The Bertz CT molecular complexity index is 564. The summed E-state index contributed by atoms with van der Waals surface area (Å²) in [5.41, 5.74) is 6.30. The first-order chi connectivity index (χ1) is 8.99. The van der Waals surface area contributed by atoms with E-state index in [9.17, 15) is 4.39 Å². The molecule has 0 radical (unpaired) electrons. The Balaban J connectivity index is 2.38. The molecule has 2 aromatic rings. The number of nitrogen functional groups attached to an aromatic ring is 1. The van der Waals surface area contributed by atoms with Crippen molar-refractivity contribution in [2.24, 2.45) is 5.92 Å². The number of hydrogen-bond acceptors (Lipinski definition) is 4. The SMILES string of the molecule is CC(C)CC(C)n1nnnc1-c1ccc(N)cc1F. The zero-order valence-electron chi connectivity index (χ0n) is 11.3. The van der Waals surface area contributed by atoms with E-state index in [0.29, 0.717) is 23.0 Å². The lowest BCUT2D eigenvalue weighted by molar-refractivity contribution is 0.393. The van der Waals surface area contributed by atoms with Gasteiger partial charge in [0.2, 0.25) is 0 Å². The molecular formula is C13H18FN5. The average Bonchev–Trinajstić information content (AvgIpc) is 2.76. The Morgan fingerprint density at radius 1 is 1.32 bits per heavy atom. The first-order valence-corrected chi connectivity index (χ1v) is 6.32. The zero-order valence-corrected chi connectivity index (χ0v) is 11.3. The Morgan fingerprint density at radius 2 is 2.05 bits per heavy atom. The van der Waals surface area contributed by atoms with Gasteiger partial charge in [-0.3, -0.25) is 0 Å². The second kappa shape index (κ2) is 5.34. The van der Waals surface area contributed by atoms with E-state index in [2.05, 4.69) is 29.4 Å². The van der Waals surface area contributed by atoms with Gasteiger partial charge in [-0.15, -0.1) is 5.10 Å². The van der Waals surface area contributed by atoms with Crippen molar-refractivity contribution in [1.82, 2.24) is 20.2 Å². The van der Waals surface area contributed by atoms with Crippen LogP contribution in [0.25, 0.3) is 11.4 Å². The van der Waals surface area contributed by atoms with Crippen LogP contribution in [0.15, 0.2) is 18.2 Å². The van der Waals surface area contributed by atoms with Gasteiger partial charge in [0.1, 0.15) is 5.82 Å². The van der Waals surface area contributed by atoms with Gasteiger partial charge in [0, 0.05) is 5.69 Å². The maximum Gasteiger partial charge on any atom is 0.185 e. The molecule has 0 bridgehead atoms. The van der Waals surface area contributed by atoms with Crippen LogP contribution in [0.5, 0.6) is 0 Å². The van der Waals surface area contributed by atoms with Crippen LogP contribution in [-0.4, -0.2) is 20.2 Å². The summed E-state index contributed by atoms with van der Waals surface area (Å²) in [6.07, 6.45) is 0.925. The first-order valence-electron chi connectivity index (χ1n) is 6.32. The van der Waals surface area contributed by atoms with E-state index in [4.69, 9.17) is 5.73 Å². The predicted octanol–water partition coefficient (Wildman–Crippen LogP) is 2.67. The summed E-state index contributed by atoms with van der Waals surface area (Å²) in [6, 6.07) is 4.64. The highest BCUT2D eigenvalue weighted by atomic mass is 19.1. The Kier molecular flexibility index (Phi) is 3.78. The quantitative estimate of drug-likeness (QED) is 0.861. The van der Waals surface area contributed by atoms with E-state index < -0.39 is 5.82 Å². The standard InChI is InChI=1S/C13H18FN5/c1-8(2)6-9(3)19-13(16-17-18-19)11-5-4-10(15)7-12(11)14/h4-5,7-9H,6,15H2,1-3H3. The molecule has 0 aliphatic heterocycles. The first kappa shape index (κ1) is 13.5. The topological polar surface area (TPSA) is 69.6 Å². The van der Waals surface area contributed by atoms with Crippen molar-refractivity contribution in [2.45, 2.75) is 33.2 Å². The van der Waals surface area contributed by atoms with Crippen LogP contribution in [-0.2, 0) is 0 Å². The van der Waals surface area contributed by atoms with E-state index in [1.807, 2.05) is 6.92 Å². The molecule has 1 aromatic carbocycles. The minimum Gasteiger partial charge on any atom is -0.399 e. The molecule has 1 aromatic heterocycles. The molecule has 5 nitrogen and oxygen atoms in total. The highest BCUT2D eigenvalue weighted by Crippen LogP contribution is 2.26. The highest BCUT2D eigenvalue weighted by Gasteiger charge is 2.18. The van der Waals surface area contributed by atoms with Crippen molar-refractivity contribution in [2.75, 3.05) is 5.73 Å². The van der Waals surface area contributed by atoms with Gasteiger partial charge in [0.05, 0.1) is 11.6 Å². The summed E-state index contributed by atoms with van der Waals surface area (Å²) < 4.78 is 15.6. The van der Waals surface area contributed by atoms with Crippen LogP contribution in [0, 0.1) is 11.7 Å². The molecule has 0 spiro atoms. The summed E-state index contributed by atoms with van der Waals surface area (Å²) in [4.78, 5) is 0. The Hall–Kier alpha value is -1.98. The van der Waals surface area contributed by atoms with E-state index in [-0.39, 0.29) is 6.04 Å². The van der Waals surface area contributed by atoms with Crippen molar-refractivity contribution in [3.05, 3.63) is 24.0 Å². The third kappa shape index (κ3) is 2.89. The van der Waals surface area contributed by atoms with E-state index >= 15 is 0 Å². The average molecular weight is 263 g/mol. The molecule has 19 heavy (non-hydrogen) atoms. The second-order valence-electron chi connectivity index (χ2n) is 5.16. The number of halogens is 1. The van der Waals surface area contributed by atoms with Crippen LogP contribution >= 0.6 is 0 Å². The third-order valence-corrected chi connectivity index (χ3v) is 2.96. The summed E-state index contributed by atoms with van der Waals surface area (Å²) in [6.45, 7) is 6.28. The number of nitrogens with zero attached hydrogens (tertiary/aromatic N) is 4. The summed E-state index contributed by atoms with van der Waals surface area (Å²) in [5.74, 6) is 0.543. The van der Waals surface area contributed by atoms with Crippen LogP contribution in [0.1, 0.15) is 33.2 Å². The van der Waals surface area contributed by atoms with Gasteiger partial charge < -0.3 is 5.73 Å². The monoisotopic (exact) mass is 263 g/mol. The number of nitrogens with two attached hydrogens (primary N) is 1. The third-order valence-electron chi connectivity index (χ3n) is 2.96. The fourth-order valence-electron chi connectivity index (χ4n) is 2.16. The number of hydrogen-bond donors (Lipinski definition) is 1. The van der Waals surface area contributed by atoms with Crippen LogP contribution in [0.4, 0.5) is 10.1 Å². The number of anilines is 1. The van der Waals surface area contributed by atoms with Crippen molar-refractivity contribution in [1.29, 1.82) is 0 Å². The van der Waals surface area contributed by atoms with Gasteiger partial charge in [-0.05, 0) is 47.9 Å². The second-order valence-corrected chi connectivity index (χ2v) is 5.16. The van der Waals surface area contributed by atoms with E-state index in [1.54, 1.807) is 16.8 Å². The van der Waals surface area contributed by atoms with Gasteiger partial charge in [-0.1, -0.05) is 13.8 Å². The molecule has 0 saturated heterocycles. The van der Waals surface area contributed by atoms with E-state index in [0.717, 1.165) is 6.42 Å². The molecule has 2 N–H and O–H groups in total. The summed E-state index contributed by atoms with van der Waals surface area (Å²) >= 11 is 0. The molecular weight excluding hydrogens is 245 g/mol. The number of benzene rings is 1. The van der Waals surface area contributed by atoms with Gasteiger partial charge in [-0.25, -0.2) is 9.07 Å². The number of tetrazole rings is 1. The Morgan fingerprint density at radius 3 is 2.68 bits per heavy atom. The van der Waals surface area contributed by atoms with Gasteiger partial charge in [0.25, 0.3) is 0 Å². The molecule has 0 aliphatic carbocycles. The fraction of sp³-hybridized carbons (Fsp3) is 0.462. The molecule has 1 atom stereocenters. The largest absolute Gasteiger partial charge is 0.399 e. The molecule has 0 aliphatic rings. The minimum atomic E-state index is -0.409. The predicted molar refractivity (Wildman–Crippen MR) is 71.8 cm³/mol.